The Morgan fingerprint density at radius 1 is 1.16 bits per heavy atom. The van der Waals surface area contributed by atoms with Crippen molar-refractivity contribution >= 4 is 28.4 Å². The Balaban J connectivity index is 1.82. The fraction of sp³-hybridized carbons (Fsp3) is 0.304. The third kappa shape index (κ3) is 4.28. The van der Waals surface area contributed by atoms with E-state index in [0.29, 0.717) is 24.3 Å². The summed E-state index contributed by atoms with van der Waals surface area (Å²) in [5, 5.41) is 9.50. The lowest BCUT2D eigenvalue weighted by Crippen LogP contribution is -2.33. The second kappa shape index (κ2) is 8.31. The van der Waals surface area contributed by atoms with Gasteiger partial charge in [-0.15, -0.1) is 0 Å². The minimum Gasteiger partial charge on any atom is -0.367 e. The van der Waals surface area contributed by atoms with E-state index in [1.807, 2.05) is 22.7 Å². The van der Waals surface area contributed by atoms with Crippen LogP contribution in [0.2, 0.25) is 0 Å². The van der Waals surface area contributed by atoms with Gasteiger partial charge in [-0.25, -0.2) is 13.2 Å². The van der Waals surface area contributed by atoms with Crippen LogP contribution in [-0.4, -0.2) is 29.2 Å². The van der Waals surface area contributed by atoms with Crippen LogP contribution in [-0.2, 0) is 12.5 Å². The van der Waals surface area contributed by atoms with Gasteiger partial charge in [-0.1, -0.05) is 24.3 Å². The van der Waals surface area contributed by atoms with Crippen LogP contribution in [0.1, 0.15) is 23.6 Å². The predicted molar refractivity (Wildman–Crippen MR) is 118 cm³/mol. The van der Waals surface area contributed by atoms with Crippen LogP contribution in [0, 0.1) is 17.1 Å². The van der Waals surface area contributed by atoms with Crippen molar-refractivity contribution < 1.29 is 13.2 Å². The first kappa shape index (κ1) is 21.3. The van der Waals surface area contributed by atoms with Gasteiger partial charge in [0.25, 0.3) is 5.92 Å². The maximum Gasteiger partial charge on any atom is 0.270 e. The molecule has 1 aliphatic rings. The molecule has 0 saturated carbocycles. The molecule has 0 bridgehead atoms. The Bertz CT molecular complexity index is 1220. The molecule has 0 amide bonds. The summed E-state index contributed by atoms with van der Waals surface area (Å²) in [6.07, 6.45) is 1.45. The Labute approximate surface area is 181 Å². The molecule has 1 aliphatic heterocycles. The Kier molecular flexibility index (Phi) is 5.71. The van der Waals surface area contributed by atoms with Gasteiger partial charge in [0.15, 0.2) is 0 Å². The maximum atomic E-state index is 14.9. The lowest BCUT2D eigenvalue weighted by atomic mass is 10.1. The molecule has 8 heteroatoms. The lowest BCUT2D eigenvalue weighted by molar-refractivity contribution is 0.0174. The summed E-state index contributed by atoms with van der Waals surface area (Å²) in [6, 6.07) is 10.6. The molecule has 1 fully saturated rings. The van der Waals surface area contributed by atoms with E-state index in [0.717, 1.165) is 24.0 Å². The van der Waals surface area contributed by atoms with Crippen molar-refractivity contribution in [1.29, 1.82) is 5.26 Å². The maximum absolute atomic E-state index is 14.9. The zero-order chi connectivity index (χ0) is 22.2. The number of alkyl halides is 2. The molecule has 0 radical (unpaired) electrons. The van der Waals surface area contributed by atoms with Gasteiger partial charge in [0.05, 0.1) is 16.6 Å². The number of hydrogen-bond donors (Lipinski definition) is 0. The third-order valence-electron chi connectivity index (χ3n) is 5.43. The first-order chi connectivity index (χ1) is 14.8. The molecular weight excluding hydrogens is 423 g/mol. The smallest absolute Gasteiger partial charge is 0.270 e. The SMILES string of the molecule is CC(F)(F)c1ccc(Cn2cc(C#N)c(=O)c3cc(F)c(N4CCSCC4)cc32)cc1. The molecular formula is C23H20F3N3OS. The zero-order valence-electron chi connectivity index (χ0n) is 16.9. The average molecular weight is 443 g/mol. The summed E-state index contributed by atoms with van der Waals surface area (Å²) in [4.78, 5) is 14.6. The number of hydrogen-bond acceptors (Lipinski definition) is 4. The van der Waals surface area contributed by atoms with E-state index in [-0.39, 0.29) is 23.1 Å². The van der Waals surface area contributed by atoms with Crippen molar-refractivity contribution in [1.82, 2.24) is 4.57 Å². The fourth-order valence-corrected chi connectivity index (χ4v) is 4.66. The molecule has 2 aromatic carbocycles. The number of halogens is 3. The number of rotatable bonds is 4. The lowest BCUT2D eigenvalue weighted by Gasteiger charge is -2.29. The van der Waals surface area contributed by atoms with Crippen molar-refractivity contribution in [2.75, 3.05) is 29.5 Å². The van der Waals surface area contributed by atoms with E-state index in [4.69, 9.17) is 0 Å². The molecule has 1 aromatic heterocycles. The van der Waals surface area contributed by atoms with E-state index >= 15 is 0 Å². The number of anilines is 1. The molecule has 1 saturated heterocycles. The van der Waals surface area contributed by atoms with Crippen LogP contribution in [0.25, 0.3) is 10.9 Å². The number of thioether (sulfide) groups is 1. The minimum atomic E-state index is -2.93. The molecule has 4 rings (SSSR count). The quantitative estimate of drug-likeness (QED) is 0.585. The van der Waals surface area contributed by atoms with Gasteiger partial charge in [-0.3, -0.25) is 4.79 Å². The second-order valence-corrected chi connectivity index (χ2v) is 8.84. The molecule has 0 N–H and O–H groups in total. The first-order valence-corrected chi connectivity index (χ1v) is 11.0. The number of nitriles is 1. The van der Waals surface area contributed by atoms with Gasteiger partial charge >= 0.3 is 0 Å². The standard InChI is InChI=1S/C23H20F3N3OS/c1-23(25,26)17-4-2-15(3-5-17)13-29-14-16(12-27)22(30)18-10-19(24)21(11-20(18)29)28-6-8-31-9-7-28/h2-5,10-11,14H,6-9,13H2,1H3. The number of nitrogens with zero attached hydrogens (tertiary/aromatic N) is 3. The highest BCUT2D eigenvalue weighted by Crippen LogP contribution is 2.29. The summed E-state index contributed by atoms with van der Waals surface area (Å²) < 4.78 is 43.6. The number of pyridine rings is 1. The number of aromatic nitrogens is 1. The molecule has 0 spiro atoms. The van der Waals surface area contributed by atoms with Gasteiger partial charge in [-0.05, 0) is 17.7 Å². The zero-order valence-corrected chi connectivity index (χ0v) is 17.7. The van der Waals surface area contributed by atoms with Crippen molar-refractivity contribution in [2.45, 2.75) is 19.4 Å². The number of fused-ring (bicyclic) bond motifs is 1. The van der Waals surface area contributed by atoms with E-state index in [1.54, 1.807) is 22.8 Å². The monoisotopic (exact) mass is 443 g/mol. The minimum absolute atomic E-state index is 0.0916. The van der Waals surface area contributed by atoms with Gasteiger partial charge in [0.2, 0.25) is 5.43 Å². The average Bonchev–Trinajstić information content (AvgIpc) is 2.76. The molecule has 160 valence electrons. The highest BCUT2D eigenvalue weighted by molar-refractivity contribution is 7.99. The highest BCUT2D eigenvalue weighted by Gasteiger charge is 2.24. The summed E-state index contributed by atoms with van der Waals surface area (Å²) in [5.41, 5.74) is 0.948. The topological polar surface area (TPSA) is 49.0 Å². The largest absolute Gasteiger partial charge is 0.367 e. The molecule has 3 aromatic rings. The third-order valence-corrected chi connectivity index (χ3v) is 6.38. The molecule has 0 unspecified atom stereocenters. The molecule has 4 nitrogen and oxygen atoms in total. The van der Waals surface area contributed by atoms with Crippen LogP contribution in [0.3, 0.4) is 0 Å². The van der Waals surface area contributed by atoms with E-state index in [2.05, 4.69) is 0 Å². The van der Waals surface area contributed by atoms with Gasteiger partial charge in [0, 0.05) is 49.8 Å². The Morgan fingerprint density at radius 3 is 2.45 bits per heavy atom. The van der Waals surface area contributed by atoms with Gasteiger partial charge in [-0.2, -0.15) is 17.0 Å². The van der Waals surface area contributed by atoms with Crippen molar-refractivity contribution in [2.24, 2.45) is 0 Å². The molecule has 2 heterocycles. The Hall–Kier alpha value is -2.92. The summed E-state index contributed by atoms with van der Waals surface area (Å²) in [6.45, 7) is 2.51. The van der Waals surface area contributed by atoms with E-state index in [1.165, 1.54) is 24.4 Å². The number of benzene rings is 2. The van der Waals surface area contributed by atoms with E-state index < -0.39 is 17.2 Å². The molecule has 0 aliphatic carbocycles. The summed E-state index contributed by atoms with van der Waals surface area (Å²) in [7, 11) is 0. The second-order valence-electron chi connectivity index (χ2n) is 7.62. The van der Waals surface area contributed by atoms with Crippen LogP contribution < -0.4 is 10.3 Å². The van der Waals surface area contributed by atoms with Crippen LogP contribution >= 0.6 is 11.8 Å². The summed E-state index contributed by atoms with van der Waals surface area (Å²) >= 11 is 1.81. The van der Waals surface area contributed by atoms with Crippen molar-refractivity contribution in [3.05, 3.63) is 75.3 Å². The summed E-state index contributed by atoms with van der Waals surface area (Å²) in [5.74, 6) is -1.64. The fourth-order valence-electron chi connectivity index (χ4n) is 3.76. The Morgan fingerprint density at radius 2 is 1.84 bits per heavy atom. The normalized spacial score (nSPS) is 14.6. The van der Waals surface area contributed by atoms with Crippen LogP contribution in [0.4, 0.5) is 18.9 Å². The predicted octanol–water partition coefficient (Wildman–Crippen LogP) is 4.73. The van der Waals surface area contributed by atoms with Crippen LogP contribution in [0.15, 0.2) is 47.4 Å². The molecule has 31 heavy (non-hydrogen) atoms. The molecule has 0 atom stereocenters. The highest BCUT2D eigenvalue weighted by atomic mass is 32.2. The van der Waals surface area contributed by atoms with Crippen molar-refractivity contribution in [3.8, 4) is 6.07 Å². The van der Waals surface area contributed by atoms with Crippen LogP contribution in [0.5, 0.6) is 0 Å². The van der Waals surface area contributed by atoms with Crippen molar-refractivity contribution in [3.63, 3.8) is 0 Å². The van der Waals surface area contributed by atoms with E-state index in [9.17, 15) is 23.2 Å². The van der Waals surface area contributed by atoms with Gasteiger partial charge in [0.1, 0.15) is 17.4 Å². The first-order valence-electron chi connectivity index (χ1n) is 9.84. The van der Waals surface area contributed by atoms with Gasteiger partial charge < -0.3 is 9.47 Å².